The molecule has 0 saturated heterocycles. The summed E-state index contributed by atoms with van der Waals surface area (Å²) in [5.74, 6) is 0.150. The Balaban J connectivity index is 1.96. The van der Waals surface area contributed by atoms with Crippen LogP contribution >= 0.6 is 0 Å². The molecule has 0 N–H and O–H groups in total. The molecule has 0 bridgehead atoms. The quantitative estimate of drug-likeness (QED) is 0.734. The molecule has 0 saturated carbocycles. The number of rotatable bonds is 5. The van der Waals surface area contributed by atoms with Crippen molar-refractivity contribution in [2.75, 3.05) is 0 Å². The standard InChI is InChI=1S/C15H19FO2/c1-2-3-4-5-6-12-10-14(17)13-9-11(16)7-8-15(13)18-12/h7-9,12H,2-6,10H2,1H3. The van der Waals surface area contributed by atoms with Gasteiger partial charge in [-0.3, -0.25) is 4.79 Å². The average molecular weight is 250 g/mol. The van der Waals surface area contributed by atoms with E-state index in [0.717, 1.165) is 12.8 Å². The van der Waals surface area contributed by atoms with E-state index in [9.17, 15) is 9.18 Å². The Hall–Kier alpha value is -1.38. The maximum Gasteiger partial charge on any atom is 0.170 e. The highest BCUT2D eigenvalue weighted by Gasteiger charge is 2.26. The van der Waals surface area contributed by atoms with Crippen LogP contribution in [0.4, 0.5) is 4.39 Å². The number of benzene rings is 1. The van der Waals surface area contributed by atoms with Crippen LogP contribution < -0.4 is 4.74 Å². The van der Waals surface area contributed by atoms with E-state index in [-0.39, 0.29) is 17.7 Å². The molecule has 1 unspecified atom stereocenters. The van der Waals surface area contributed by atoms with Crippen molar-refractivity contribution in [1.29, 1.82) is 0 Å². The summed E-state index contributed by atoms with van der Waals surface area (Å²) in [6, 6.07) is 4.16. The Kier molecular flexibility index (Phi) is 4.34. The van der Waals surface area contributed by atoms with Gasteiger partial charge in [0.15, 0.2) is 5.78 Å². The number of unbranched alkanes of at least 4 members (excludes halogenated alkanes) is 3. The van der Waals surface area contributed by atoms with Gasteiger partial charge in [0.2, 0.25) is 0 Å². The van der Waals surface area contributed by atoms with E-state index in [1.54, 1.807) is 6.07 Å². The van der Waals surface area contributed by atoms with Crippen molar-refractivity contribution < 1.29 is 13.9 Å². The third kappa shape index (κ3) is 3.09. The average Bonchev–Trinajstić information content (AvgIpc) is 2.36. The molecule has 1 atom stereocenters. The fourth-order valence-corrected chi connectivity index (χ4v) is 2.32. The predicted molar refractivity (Wildman–Crippen MR) is 68.5 cm³/mol. The summed E-state index contributed by atoms with van der Waals surface area (Å²) in [6.45, 7) is 2.17. The Bertz CT molecular complexity index is 429. The first kappa shape index (κ1) is 13.1. The lowest BCUT2D eigenvalue weighted by molar-refractivity contribution is 0.0834. The molecule has 0 amide bonds. The molecule has 3 heteroatoms. The normalized spacial score (nSPS) is 18.3. The van der Waals surface area contributed by atoms with Crippen molar-refractivity contribution in [3.63, 3.8) is 0 Å². The van der Waals surface area contributed by atoms with E-state index in [2.05, 4.69) is 6.92 Å². The summed E-state index contributed by atoms with van der Waals surface area (Å²) in [7, 11) is 0. The molecule has 1 aromatic carbocycles. The molecule has 98 valence electrons. The van der Waals surface area contributed by atoms with Gasteiger partial charge in [-0.15, -0.1) is 0 Å². The van der Waals surface area contributed by atoms with Gasteiger partial charge in [0.1, 0.15) is 17.7 Å². The van der Waals surface area contributed by atoms with Gasteiger partial charge in [-0.25, -0.2) is 4.39 Å². The van der Waals surface area contributed by atoms with E-state index in [1.807, 2.05) is 0 Å². The number of carbonyl (C=O) groups excluding carboxylic acids is 1. The monoisotopic (exact) mass is 250 g/mol. The van der Waals surface area contributed by atoms with E-state index in [0.29, 0.717) is 17.7 Å². The topological polar surface area (TPSA) is 26.3 Å². The van der Waals surface area contributed by atoms with E-state index < -0.39 is 0 Å². The third-order valence-corrected chi connectivity index (χ3v) is 3.33. The number of Topliss-reactive ketones (excluding diaryl/α,β-unsaturated/α-hetero) is 1. The number of halogens is 1. The molecule has 0 spiro atoms. The van der Waals surface area contributed by atoms with Gasteiger partial charge in [0.05, 0.1) is 5.56 Å². The van der Waals surface area contributed by atoms with E-state index in [1.165, 1.54) is 31.4 Å². The summed E-state index contributed by atoms with van der Waals surface area (Å²) < 4.78 is 18.8. The van der Waals surface area contributed by atoms with Crippen molar-refractivity contribution in [2.45, 2.75) is 51.6 Å². The second kappa shape index (κ2) is 5.98. The van der Waals surface area contributed by atoms with Crippen molar-refractivity contribution >= 4 is 5.78 Å². The lowest BCUT2D eigenvalue weighted by atomic mass is 9.97. The maximum absolute atomic E-state index is 13.0. The third-order valence-electron chi connectivity index (χ3n) is 3.33. The Morgan fingerprint density at radius 2 is 2.17 bits per heavy atom. The maximum atomic E-state index is 13.0. The molecule has 18 heavy (non-hydrogen) atoms. The van der Waals surface area contributed by atoms with Crippen LogP contribution in [0, 0.1) is 5.82 Å². The number of fused-ring (bicyclic) bond motifs is 1. The molecule has 1 heterocycles. The molecular formula is C15H19FO2. The fraction of sp³-hybridized carbons (Fsp3) is 0.533. The van der Waals surface area contributed by atoms with Crippen LogP contribution in [0.2, 0.25) is 0 Å². The molecule has 0 aromatic heterocycles. The van der Waals surface area contributed by atoms with E-state index in [4.69, 9.17) is 4.74 Å². The van der Waals surface area contributed by atoms with Crippen molar-refractivity contribution in [3.8, 4) is 5.75 Å². The minimum atomic E-state index is -0.382. The molecule has 2 nitrogen and oxygen atoms in total. The van der Waals surface area contributed by atoms with Crippen molar-refractivity contribution in [1.82, 2.24) is 0 Å². The van der Waals surface area contributed by atoms with Crippen LogP contribution in [-0.2, 0) is 0 Å². The lowest BCUT2D eigenvalue weighted by Gasteiger charge is -2.25. The highest BCUT2D eigenvalue weighted by Crippen LogP contribution is 2.29. The smallest absolute Gasteiger partial charge is 0.170 e. The fourth-order valence-electron chi connectivity index (χ4n) is 2.32. The minimum absolute atomic E-state index is 0.00348. The number of hydrogen-bond acceptors (Lipinski definition) is 2. The second-order valence-electron chi connectivity index (χ2n) is 4.86. The Labute approximate surface area is 107 Å². The zero-order valence-electron chi connectivity index (χ0n) is 10.7. The summed E-state index contributed by atoms with van der Waals surface area (Å²) in [4.78, 5) is 11.9. The predicted octanol–water partition coefficient (Wildman–Crippen LogP) is 4.13. The van der Waals surface area contributed by atoms with Crippen LogP contribution in [0.25, 0.3) is 0 Å². The summed E-state index contributed by atoms with van der Waals surface area (Å²) in [5.41, 5.74) is 0.389. The Morgan fingerprint density at radius 1 is 1.33 bits per heavy atom. The van der Waals surface area contributed by atoms with Gasteiger partial charge in [-0.05, 0) is 31.0 Å². The molecule has 1 aliphatic rings. The first-order valence-electron chi connectivity index (χ1n) is 6.70. The van der Waals surface area contributed by atoms with Gasteiger partial charge in [-0.2, -0.15) is 0 Å². The van der Waals surface area contributed by atoms with Crippen LogP contribution in [0.15, 0.2) is 18.2 Å². The van der Waals surface area contributed by atoms with Crippen LogP contribution in [0.5, 0.6) is 5.75 Å². The SMILES string of the molecule is CCCCCCC1CC(=O)c2cc(F)ccc2O1. The summed E-state index contributed by atoms with van der Waals surface area (Å²) in [6.07, 6.45) is 5.94. The van der Waals surface area contributed by atoms with Gasteiger partial charge in [-0.1, -0.05) is 26.2 Å². The second-order valence-corrected chi connectivity index (χ2v) is 4.86. The van der Waals surface area contributed by atoms with E-state index >= 15 is 0 Å². The zero-order valence-corrected chi connectivity index (χ0v) is 10.7. The van der Waals surface area contributed by atoms with Crippen LogP contribution in [0.1, 0.15) is 55.8 Å². The van der Waals surface area contributed by atoms with Gasteiger partial charge in [0, 0.05) is 6.42 Å². The number of ether oxygens (including phenoxy) is 1. The molecule has 0 fully saturated rings. The molecule has 1 aromatic rings. The number of ketones is 1. The van der Waals surface area contributed by atoms with Gasteiger partial charge >= 0.3 is 0 Å². The van der Waals surface area contributed by atoms with Gasteiger partial charge < -0.3 is 4.74 Å². The highest BCUT2D eigenvalue weighted by atomic mass is 19.1. The van der Waals surface area contributed by atoms with Crippen LogP contribution in [-0.4, -0.2) is 11.9 Å². The largest absolute Gasteiger partial charge is 0.489 e. The molecular weight excluding hydrogens is 231 g/mol. The minimum Gasteiger partial charge on any atom is -0.489 e. The number of hydrogen-bond donors (Lipinski definition) is 0. The first-order valence-corrected chi connectivity index (χ1v) is 6.70. The van der Waals surface area contributed by atoms with Gasteiger partial charge in [0.25, 0.3) is 0 Å². The van der Waals surface area contributed by atoms with Crippen molar-refractivity contribution in [2.24, 2.45) is 0 Å². The van der Waals surface area contributed by atoms with Crippen molar-refractivity contribution in [3.05, 3.63) is 29.6 Å². The zero-order chi connectivity index (χ0) is 13.0. The molecule has 0 radical (unpaired) electrons. The molecule has 1 aliphatic heterocycles. The first-order chi connectivity index (χ1) is 8.70. The highest BCUT2D eigenvalue weighted by molar-refractivity contribution is 5.99. The molecule has 2 rings (SSSR count). The number of carbonyl (C=O) groups is 1. The lowest BCUT2D eigenvalue weighted by Crippen LogP contribution is -2.26. The summed E-state index contributed by atoms with van der Waals surface area (Å²) in [5, 5.41) is 0. The Morgan fingerprint density at radius 3 is 2.94 bits per heavy atom. The molecule has 0 aliphatic carbocycles. The van der Waals surface area contributed by atoms with Crippen LogP contribution in [0.3, 0.4) is 0 Å². The summed E-state index contributed by atoms with van der Waals surface area (Å²) >= 11 is 0.